The molecule has 6 heteroatoms. The second-order valence-corrected chi connectivity index (χ2v) is 4.79. The van der Waals surface area contributed by atoms with Crippen LogP contribution in [0.2, 0.25) is 0 Å². The van der Waals surface area contributed by atoms with E-state index >= 15 is 0 Å². The van der Waals surface area contributed by atoms with Gasteiger partial charge in [0, 0.05) is 6.61 Å². The second kappa shape index (κ2) is 6.45. The molecule has 1 fully saturated rings. The predicted octanol–water partition coefficient (Wildman–Crippen LogP) is 3.41. The zero-order chi connectivity index (χ0) is 14.6. The largest absolute Gasteiger partial charge is 0.573 e. The molecule has 1 heterocycles. The number of rotatable bonds is 4. The van der Waals surface area contributed by atoms with Crippen LogP contribution in [0.25, 0.3) is 0 Å². The molecular weight excluding hydrogens is 271 g/mol. The standard InChI is InChI=1S/C14H18F3NO2/c1-18-13(12-7-2-3-8-19-12)10-5-4-6-11(9-10)20-14(15,16)17/h4-6,9,12-13,18H,2-3,7-8H2,1H3. The highest BCUT2D eigenvalue weighted by Gasteiger charge is 2.31. The number of alkyl halides is 3. The molecule has 0 aliphatic carbocycles. The molecule has 1 aromatic carbocycles. The third-order valence-electron chi connectivity index (χ3n) is 3.35. The van der Waals surface area contributed by atoms with Crippen molar-refractivity contribution in [1.82, 2.24) is 5.32 Å². The van der Waals surface area contributed by atoms with Gasteiger partial charge in [-0.05, 0) is 44.0 Å². The Kier molecular flexibility index (Phi) is 4.88. The molecule has 0 aromatic heterocycles. The normalized spacial score (nSPS) is 21.5. The Balaban J connectivity index is 2.14. The van der Waals surface area contributed by atoms with Gasteiger partial charge < -0.3 is 14.8 Å². The van der Waals surface area contributed by atoms with Crippen LogP contribution in [0.4, 0.5) is 13.2 Å². The highest BCUT2D eigenvalue weighted by molar-refractivity contribution is 5.31. The van der Waals surface area contributed by atoms with Crippen molar-refractivity contribution in [2.24, 2.45) is 0 Å². The Bertz CT molecular complexity index is 431. The predicted molar refractivity (Wildman–Crippen MR) is 68.5 cm³/mol. The van der Waals surface area contributed by atoms with Crippen molar-refractivity contribution in [2.75, 3.05) is 13.7 Å². The van der Waals surface area contributed by atoms with E-state index in [9.17, 15) is 13.2 Å². The molecule has 20 heavy (non-hydrogen) atoms. The van der Waals surface area contributed by atoms with Gasteiger partial charge in [-0.1, -0.05) is 12.1 Å². The average Bonchev–Trinajstić information content (AvgIpc) is 2.39. The van der Waals surface area contributed by atoms with Crippen LogP contribution in [0.15, 0.2) is 24.3 Å². The fourth-order valence-electron chi connectivity index (χ4n) is 2.50. The first kappa shape index (κ1) is 15.1. The van der Waals surface area contributed by atoms with Crippen molar-refractivity contribution in [3.63, 3.8) is 0 Å². The van der Waals surface area contributed by atoms with Gasteiger partial charge >= 0.3 is 6.36 Å². The fraction of sp³-hybridized carbons (Fsp3) is 0.571. The zero-order valence-corrected chi connectivity index (χ0v) is 11.2. The third-order valence-corrected chi connectivity index (χ3v) is 3.35. The van der Waals surface area contributed by atoms with E-state index in [1.54, 1.807) is 19.2 Å². The van der Waals surface area contributed by atoms with E-state index in [4.69, 9.17) is 4.74 Å². The monoisotopic (exact) mass is 289 g/mol. The van der Waals surface area contributed by atoms with Crippen molar-refractivity contribution in [3.8, 4) is 5.75 Å². The summed E-state index contributed by atoms with van der Waals surface area (Å²) in [7, 11) is 1.78. The summed E-state index contributed by atoms with van der Waals surface area (Å²) in [6.45, 7) is 0.696. The lowest BCUT2D eigenvalue weighted by Crippen LogP contribution is -2.34. The number of halogens is 3. The molecule has 1 saturated heterocycles. The second-order valence-electron chi connectivity index (χ2n) is 4.79. The first-order valence-corrected chi connectivity index (χ1v) is 6.64. The van der Waals surface area contributed by atoms with Gasteiger partial charge in [-0.25, -0.2) is 0 Å². The molecule has 0 amide bonds. The highest BCUT2D eigenvalue weighted by Crippen LogP contribution is 2.30. The van der Waals surface area contributed by atoms with Gasteiger partial charge in [0.2, 0.25) is 0 Å². The average molecular weight is 289 g/mol. The van der Waals surface area contributed by atoms with Gasteiger partial charge in [0.25, 0.3) is 0 Å². The lowest BCUT2D eigenvalue weighted by atomic mass is 9.96. The van der Waals surface area contributed by atoms with Gasteiger partial charge in [-0.15, -0.1) is 13.2 Å². The lowest BCUT2D eigenvalue weighted by molar-refractivity contribution is -0.274. The number of hydrogen-bond donors (Lipinski definition) is 1. The molecule has 3 nitrogen and oxygen atoms in total. The molecule has 2 rings (SSSR count). The van der Waals surface area contributed by atoms with Crippen LogP contribution in [0, 0.1) is 0 Å². The van der Waals surface area contributed by atoms with E-state index in [0.717, 1.165) is 24.8 Å². The van der Waals surface area contributed by atoms with Crippen molar-refractivity contribution < 1.29 is 22.6 Å². The van der Waals surface area contributed by atoms with Crippen LogP contribution in [-0.4, -0.2) is 26.1 Å². The SMILES string of the molecule is CNC(c1cccc(OC(F)(F)F)c1)C1CCCCO1. The molecule has 1 aliphatic heterocycles. The smallest absolute Gasteiger partial charge is 0.406 e. The first-order valence-electron chi connectivity index (χ1n) is 6.64. The lowest BCUT2D eigenvalue weighted by Gasteiger charge is -2.30. The number of benzene rings is 1. The molecule has 1 aromatic rings. The maximum atomic E-state index is 12.2. The van der Waals surface area contributed by atoms with E-state index in [2.05, 4.69) is 10.1 Å². The zero-order valence-electron chi connectivity index (χ0n) is 11.2. The number of likely N-dealkylation sites (N-methyl/N-ethyl adjacent to an activating group) is 1. The molecule has 1 N–H and O–H groups in total. The molecule has 2 unspecified atom stereocenters. The van der Waals surface area contributed by atoms with Crippen molar-refractivity contribution in [2.45, 2.75) is 37.8 Å². The van der Waals surface area contributed by atoms with Crippen LogP contribution >= 0.6 is 0 Å². The Morgan fingerprint density at radius 2 is 2.15 bits per heavy atom. The van der Waals surface area contributed by atoms with Crippen molar-refractivity contribution >= 4 is 0 Å². The van der Waals surface area contributed by atoms with Crippen LogP contribution < -0.4 is 10.1 Å². The van der Waals surface area contributed by atoms with Gasteiger partial charge in [0.05, 0.1) is 12.1 Å². The van der Waals surface area contributed by atoms with E-state index in [0.29, 0.717) is 6.61 Å². The molecule has 0 bridgehead atoms. The Hall–Kier alpha value is -1.27. The van der Waals surface area contributed by atoms with E-state index in [-0.39, 0.29) is 17.9 Å². The maximum Gasteiger partial charge on any atom is 0.573 e. The topological polar surface area (TPSA) is 30.5 Å². The summed E-state index contributed by atoms with van der Waals surface area (Å²) in [5.41, 5.74) is 0.737. The Morgan fingerprint density at radius 3 is 2.75 bits per heavy atom. The van der Waals surface area contributed by atoms with Crippen LogP contribution in [0.5, 0.6) is 5.75 Å². The quantitative estimate of drug-likeness (QED) is 0.921. The molecule has 2 atom stereocenters. The van der Waals surface area contributed by atoms with Crippen molar-refractivity contribution in [1.29, 1.82) is 0 Å². The van der Waals surface area contributed by atoms with E-state index < -0.39 is 6.36 Å². The minimum absolute atomic E-state index is 0.0186. The Morgan fingerprint density at radius 1 is 1.35 bits per heavy atom. The third kappa shape index (κ3) is 4.11. The van der Waals surface area contributed by atoms with Crippen LogP contribution in [-0.2, 0) is 4.74 Å². The number of ether oxygens (including phenoxy) is 2. The maximum absolute atomic E-state index is 12.2. The summed E-state index contributed by atoms with van der Waals surface area (Å²) in [5, 5.41) is 3.12. The molecular formula is C14H18F3NO2. The summed E-state index contributed by atoms with van der Waals surface area (Å²) in [6.07, 6.45) is -1.69. The van der Waals surface area contributed by atoms with Gasteiger partial charge in [0.15, 0.2) is 0 Å². The molecule has 0 spiro atoms. The number of hydrogen-bond acceptors (Lipinski definition) is 3. The highest BCUT2D eigenvalue weighted by atomic mass is 19.4. The summed E-state index contributed by atoms with van der Waals surface area (Å²) < 4.78 is 46.4. The van der Waals surface area contributed by atoms with Crippen LogP contribution in [0.3, 0.4) is 0 Å². The van der Waals surface area contributed by atoms with Crippen molar-refractivity contribution in [3.05, 3.63) is 29.8 Å². The van der Waals surface area contributed by atoms with Gasteiger partial charge in [-0.2, -0.15) is 0 Å². The van der Waals surface area contributed by atoms with Gasteiger partial charge in [0.1, 0.15) is 5.75 Å². The number of nitrogens with one attached hydrogen (secondary N) is 1. The molecule has 1 aliphatic rings. The van der Waals surface area contributed by atoms with E-state index in [1.165, 1.54) is 12.1 Å². The molecule has 0 radical (unpaired) electrons. The first-order chi connectivity index (χ1) is 9.49. The summed E-state index contributed by atoms with van der Waals surface area (Å²) in [4.78, 5) is 0. The molecule has 0 saturated carbocycles. The van der Waals surface area contributed by atoms with Gasteiger partial charge in [-0.3, -0.25) is 0 Å². The fourth-order valence-corrected chi connectivity index (χ4v) is 2.50. The summed E-state index contributed by atoms with van der Waals surface area (Å²) in [5.74, 6) is -0.203. The van der Waals surface area contributed by atoms with E-state index in [1.807, 2.05) is 0 Å². The van der Waals surface area contributed by atoms with Crippen LogP contribution in [0.1, 0.15) is 30.9 Å². The minimum Gasteiger partial charge on any atom is -0.406 e. The Labute approximate surface area is 116 Å². The summed E-state index contributed by atoms with van der Waals surface area (Å²) in [6, 6.07) is 5.91. The molecule has 112 valence electrons. The minimum atomic E-state index is -4.67. The summed E-state index contributed by atoms with van der Waals surface area (Å²) >= 11 is 0.